The summed E-state index contributed by atoms with van der Waals surface area (Å²) < 4.78 is 0.750. The van der Waals surface area contributed by atoms with Crippen LogP contribution in [-0.4, -0.2) is 20.9 Å². The van der Waals surface area contributed by atoms with Crippen molar-refractivity contribution in [3.63, 3.8) is 0 Å². The molecule has 0 fully saturated rings. The number of hydrogen-bond donors (Lipinski definition) is 2. The Morgan fingerprint density at radius 2 is 2.24 bits per heavy atom. The van der Waals surface area contributed by atoms with Crippen molar-refractivity contribution in [3.8, 4) is 0 Å². The number of amides is 1. The molecule has 0 unspecified atom stereocenters. The van der Waals surface area contributed by atoms with Gasteiger partial charge < -0.3 is 10.6 Å². The monoisotopic (exact) mass is 349 g/mol. The molecule has 0 saturated carbocycles. The van der Waals surface area contributed by atoms with Gasteiger partial charge in [0.05, 0.1) is 6.54 Å². The van der Waals surface area contributed by atoms with Crippen molar-refractivity contribution >= 4 is 33.2 Å². The number of anilines is 2. The Morgan fingerprint density at radius 1 is 1.38 bits per heavy atom. The number of benzene rings is 1. The lowest BCUT2D eigenvalue weighted by atomic mass is 10.1. The summed E-state index contributed by atoms with van der Waals surface area (Å²) in [5, 5.41) is 14.7. The summed E-state index contributed by atoms with van der Waals surface area (Å²) in [5.41, 5.74) is 3.97. The van der Waals surface area contributed by atoms with Crippen molar-refractivity contribution in [2.45, 2.75) is 25.8 Å². The number of fused-ring (bicyclic) bond motifs is 1. The van der Waals surface area contributed by atoms with Crippen LogP contribution in [0.2, 0.25) is 0 Å². The normalized spacial score (nSPS) is 14.3. The van der Waals surface area contributed by atoms with Gasteiger partial charge in [-0.2, -0.15) is 9.90 Å². The smallest absolute Gasteiger partial charge is 0.224 e. The van der Waals surface area contributed by atoms with Crippen molar-refractivity contribution in [3.05, 3.63) is 34.1 Å². The van der Waals surface area contributed by atoms with E-state index < -0.39 is 0 Å². The lowest BCUT2D eigenvalue weighted by Gasteiger charge is -2.10. The Hall–Kier alpha value is -1.89. The minimum Gasteiger partial charge on any atom is -0.379 e. The first kappa shape index (κ1) is 14.1. The summed E-state index contributed by atoms with van der Waals surface area (Å²) in [7, 11) is 1.79. The molecule has 2 aromatic rings. The molecule has 0 aliphatic carbocycles. The number of nitrogens with one attached hydrogen (secondary N) is 2. The number of carbonyl (C=O) groups excluding carboxylic acids is 1. The Balaban J connectivity index is 1.73. The third kappa shape index (κ3) is 3.24. The molecule has 1 aromatic carbocycles. The van der Waals surface area contributed by atoms with Gasteiger partial charge in [-0.25, -0.2) is 0 Å². The number of nitrogens with zero attached hydrogens (tertiary/aromatic N) is 3. The van der Waals surface area contributed by atoms with Crippen LogP contribution in [0.15, 0.2) is 22.8 Å². The van der Waals surface area contributed by atoms with Crippen LogP contribution in [0.3, 0.4) is 0 Å². The first-order chi connectivity index (χ1) is 10.1. The molecule has 1 amide bonds. The highest BCUT2D eigenvalue weighted by atomic mass is 79.9. The standard InChI is InChI=1S/C14H16BrN5O/c1-20-18-12(14(15)19-20)8-16-10-5-6-11-9(7-10)3-2-4-13(21)17-11/h5-7,16H,2-4,8H2,1H3,(H,17,21). The van der Waals surface area contributed by atoms with Gasteiger partial charge in [-0.3, -0.25) is 4.79 Å². The van der Waals surface area contributed by atoms with E-state index in [0.717, 1.165) is 34.5 Å². The maximum Gasteiger partial charge on any atom is 0.224 e. The minimum absolute atomic E-state index is 0.0953. The van der Waals surface area contributed by atoms with Crippen LogP contribution >= 0.6 is 15.9 Å². The molecule has 3 rings (SSSR count). The van der Waals surface area contributed by atoms with Gasteiger partial charge in [-0.15, -0.1) is 5.10 Å². The molecule has 110 valence electrons. The van der Waals surface area contributed by atoms with Crippen molar-refractivity contribution in [1.29, 1.82) is 0 Å². The van der Waals surface area contributed by atoms with Gasteiger partial charge in [0.2, 0.25) is 5.91 Å². The molecule has 21 heavy (non-hydrogen) atoms. The van der Waals surface area contributed by atoms with E-state index in [-0.39, 0.29) is 5.91 Å². The van der Waals surface area contributed by atoms with E-state index in [1.54, 1.807) is 7.05 Å². The third-order valence-electron chi connectivity index (χ3n) is 3.43. The fourth-order valence-corrected chi connectivity index (χ4v) is 2.85. The number of carbonyl (C=O) groups is 1. The molecule has 0 spiro atoms. The zero-order valence-electron chi connectivity index (χ0n) is 11.7. The largest absolute Gasteiger partial charge is 0.379 e. The maximum absolute atomic E-state index is 11.5. The topological polar surface area (TPSA) is 71.8 Å². The molecule has 0 bridgehead atoms. The van der Waals surface area contributed by atoms with Gasteiger partial charge in [0.25, 0.3) is 0 Å². The Kier molecular flexibility index (Phi) is 3.92. The first-order valence-corrected chi connectivity index (χ1v) is 7.63. The third-order valence-corrected chi connectivity index (χ3v) is 4.04. The number of hydrogen-bond acceptors (Lipinski definition) is 4. The molecule has 1 aliphatic rings. The Bertz CT molecular complexity index is 682. The summed E-state index contributed by atoms with van der Waals surface area (Å²) in [6, 6.07) is 6.01. The van der Waals surface area contributed by atoms with Gasteiger partial charge >= 0.3 is 0 Å². The Morgan fingerprint density at radius 3 is 3.00 bits per heavy atom. The highest BCUT2D eigenvalue weighted by Gasteiger charge is 2.13. The SMILES string of the molecule is Cn1nc(Br)c(CNc2ccc3c(c2)CCCC(=O)N3)n1. The number of halogens is 1. The molecule has 1 aliphatic heterocycles. The minimum atomic E-state index is 0.0953. The average Bonchev–Trinajstić information content (AvgIpc) is 2.65. The maximum atomic E-state index is 11.5. The van der Waals surface area contributed by atoms with E-state index >= 15 is 0 Å². The second-order valence-corrected chi connectivity index (χ2v) is 5.81. The zero-order valence-corrected chi connectivity index (χ0v) is 13.3. The number of aryl methyl sites for hydroxylation is 2. The summed E-state index contributed by atoms with van der Waals surface area (Å²) >= 11 is 3.39. The van der Waals surface area contributed by atoms with E-state index in [9.17, 15) is 4.79 Å². The molecule has 2 N–H and O–H groups in total. The van der Waals surface area contributed by atoms with Crippen LogP contribution in [0.5, 0.6) is 0 Å². The van der Waals surface area contributed by atoms with Gasteiger partial charge in [-0.1, -0.05) is 0 Å². The number of rotatable bonds is 3. The van der Waals surface area contributed by atoms with Gasteiger partial charge in [0, 0.05) is 24.8 Å². The average molecular weight is 350 g/mol. The van der Waals surface area contributed by atoms with Crippen molar-refractivity contribution < 1.29 is 4.79 Å². The highest BCUT2D eigenvalue weighted by molar-refractivity contribution is 9.10. The van der Waals surface area contributed by atoms with E-state index in [1.807, 2.05) is 12.1 Å². The second-order valence-electron chi connectivity index (χ2n) is 5.05. The second kappa shape index (κ2) is 5.85. The summed E-state index contributed by atoms with van der Waals surface area (Å²) in [6.45, 7) is 0.597. The lowest BCUT2D eigenvalue weighted by molar-refractivity contribution is -0.116. The van der Waals surface area contributed by atoms with Gasteiger partial charge in [0.15, 0.2) is 4.60 Å². The fraction of sp³-hybridized carbons (Fsp3) is 0.357. The van der Waals surface area contributed by atoms with Crippen LogP contribution in [0.4, 0.5) is 11.4 Å². The summed E-state index contributed by atoms with van der Waals surface area (Å²) in [5.74, 6) is 0.0953. The van der Waals surface area contributed by atoms with Gasteiger partial charge in [0.1, 0.15) is 5.69 Å². The van der Waals surface area contributed by atoms with Crippen molar-refractivity contribution in [2.24, 2.45) is 7.05 Å². The molecular formula is C14H16BrN5O. The molecular weight excluding hydrogens is 334 g/mol. The van der Waals surface area contributed by atoms with Crippen LogP contribution in [0.25, 0.3) is 0 Å². The summed E-state index contributed by atoms with van der Waals surface area (Å²) in [4.78, 5) is 13.1. The highest BCUT2D eigenvalue weighted by Crippen LogP contribution is 2.25. The molecule has 2 heterocycles. The zero-order chi connectivity index (χ0) is 14.8. The van der Waals surface area contributed by atoms with E-state index in [4.69, 9.17) is 0 Å². The molecule has 0 radical (unpaired) electrons. The van der Waals surface area contributed by atoms with Crippen LogP contribution in [0, 0.1) is 0 Å². The summed E-state index contributed by atoms with van der Waals surface area (Å²) in [6.07, 6.45) is 2.39. The van der Waals surface area contributed by atoms with Crippen molar-refractivity contribution in [1.82, 2.24) is 15.0 Å². The van der Waals surface area contributed by atoms with E-state index in [2.05, 4.69) is 42.8 Å². The fourth-order valence-electron chi connectivity index (χ4n) is 2.40. The van der Waals surface area contributed by atoms with Gasteiger partial charge in [-0.05, 0) is 52.5 Å². The molecule has 0 saturated heterocycles. The first-order valence-electron chi connectivity index (χ1n) is 6.84. The van der Waals surface area contributed by atoms with Crippen LogP contribution in [0.1, 0.15) is 24.1 Å². The van der Waals surface area contributed by atoms with Crippen molar-refractivity contribution in [2.75, 3.05) is 10.6 Å². The Labute approximate surface area is 131 Å². The predicted molar refractivity (Wildman–Crippen MR) is 84.0 cm³/mol. The quantitative estimate of drug-likeness (QED) is 0.892. The van der Waals surface area contributed by atoms with Crippen LogP contribution in [-0.2, 0) is 24.8 Å². The molecule has 1 aromatic heterocycles. The lowest BCUT2D eigenvalue weighted by Crippen LogP contribution is -2.09. The van der Waals surface area contributed by atoms with E-state index in [0.29, 0.717) is 13.0 Å². The molecule has 0 atom stereocenters. The van der Waals surface area contributed by atoms with E-state index in [1.165, 1.54) is 10.4 Å². The molecule has 7 heteroatoms. The predicted octanol–water partition coefficient (Wildman–Crippen LogP) is 2.46. The number of aromatic nitrogens is 3. The van der Waals surface area contributed by atoms with Crippen LogP contribution < -0.4 is 10.6 Å². The molecule has 6 nitrogen and oxygen atoms in total.